The molecule has 0 saturated heterocycles. The minimum atomic E-state index is -0.972. The molecule has 284 valence electrons. The van der Waals surface area contributed by atoms with Gasteiger partial charge in [0, 0.05) is 42.6 Å². The Bertz CT molecular complexity index is 2400. The highest BCUT2D eigenvalue weighted by atomic mass is 16.3. The highest BCUT2D eigenvalue weighted by Crippen LogP contribution is 2.31. The molecule has 0 fully saturated rings. The molecule has 0 bridgehead atoms. The van der Waals surface area contributed by atoms with Crippen LogP contribution in [0.1, 0.15) is 52.2 Å². The van der Waals surface area contributed by atoms with E-state index in [0.29, 0.717) is 36.2 Å². The maximum absolute atomic E-state index is 13.9. The molecule has 3 amide bonds. The summed E-state index contributed by atoms with van der Waals surface area (Å²) in [6.45, 7) is 0.700. The average molecular weight is 753 g/mol. The van der Waals surface area contributed by atoms with E-state index in [1.54, 1.807) is 36.5 Å². The number of hydrogen-bond acceptors (Lipinski definition) is 5. The summed E-state index contributed by atoms with van der Waals surface area (Å²) in [5, 5.41) is 20.3. The van der Waals surface area contributed by atoms with Gasteiger partial charge >= 0.3 is 0 Å². The first-order chi connectivity index (χ1) is 27.9. The van der Waals surface area contributed by atoms with Crippen LogP contribution in [0.15, 0.2) is 170 Å². The van der Waals surface area contributed by atoms with Gasteiger partial charge in [-0.15, -0.1) is 0 Å². The fraction of sp³-hybridized carbons (Fsp3) is 0.143. The lowest BCUT2D eigenvalue weighted by Crippen LogP contribution is -2.47. The average Bonchev–Trinajstić information content (AvgIpc) is 3.26. The molecule has 57 heavy (non-hydrogen) atoms. The predicted molar refractivity (Wildman–Crippen MR) is 225 cm³/mol. The van der Waals surface area contributed by atoms with E-state index >= 15 is 0 Å². The number of aromatic nitrogens is 1. The molecule has 8 heteroatoms. The van der Waals surface area contributed by atoms with Gasteiger partial charge in [-0.05, 0) is 82.1 Å². The topological polar surface area (TPSA) is 120 Å². The molecule has 7 aromatic rings. The van der Waals surface area contributed by atoms with Crippen LogP contribution in [0.3, 0.4) is 0 Å². The zero-order valence-electron chi connectivity index (χ0n) is 31.5. The molecule has 0 radical (unpaired) electrons. The molecule has 1 unspecified atom stereocenters. The zero-order valence-corrected chi connectivity index (χ0v) is 31.5. The Labute approximate surface area is 332 Å². The Morgan fingerprint density at radius 1 is 0.596 bits per heavy atom. The van der Waals surface area contributed by atoms with Crippen LogP contribution in [0, 0.1) is 0 Å². The number of carbonyl (C=O) groups is 3. The van der Waals surface area contributed by atoms with Crippen molar-refractivity contribution in [1.29, 1.82) is 0 Å². The number of phenolic OH excluding ortho intramolecular Hbond substituents is 1. The molecule has 1 heterocycles. The lowest BCUT2D eigenvalue weighted by atomic mass is 9.88. The third-order valence-electron chi connectivity index (χ3n) is 10.1. The number of aromatic hydroxyl groups is 1. The van der Waals surface area contributed by atoms with Gasteiger partial charge in [0.25, 0.3) is 5.91 Å². The van der Waals surface area contributed by atoms with Crippen LogP contribution in [0.2, 0.25) is 0 Å². The number of fused-ring (bicyclic) bond motifs is 1. The van der Waals surface area contributed by atoms with Crippen LogP contribution in [-0.4, -0.2) is 40.4 Å². The van der Waals surface area contributed by atoms with E-state index in [1.807, 2.05) is 97.1 Å². The van der Waals surface area contributed by atoms with Crippen LogP contribution < -0.4 is 16.0 Å². The SMILES string of the molecule is O=C(CCC(NC(=O)c1cccc(-c2cc(O)c3ncccc3c2)c1)C(=O)NCCC(c1ccccc1)c1ccccc1)NCc1ccc(-c2ccccc2)cc1. The summed E-state index contributed by atoms with van der Waals surface area (Å²) in [5.41, 5.74) is 7.71. The van der Waals surface area contributed by atoms with Crippen molar-refractivity contribution in [2.45, 2.75) is 37.8 Å². The number of pyridine rings is 1. The zero-order chi connectivity index (χ0) is 39.4. The number of phenols is 1. The van der Waals surface area contributed by atoms with E-state index in [-0.39, 0.29) is 36.3 Å². The number of hydrogen-bond donors (Lipinski definition) is 4. The number of amides is 3. The highest BCUT2D eigenvalue weighted by molar-refractivity contribution is 5.99. The fourth-order valence-corrected chi connectivity index (χ4v) is 7.06. The summed E-state index contributed by atoms with van der Waals surface area (Å²) in [5.74, 6) is -0.944. The molecule has 7 rings (SSSR count). The van der Waals surface area contributed by atoms with Crippen molar-refractivity contribution in [3.05, 3.63) is 192 Å². The normalized spacial score (nSPS) is 11.5. The first-order valence-electron chi connectivity index (χ1n) is 19.2. The molecule has 8 nitrogen and oxygen atoms in total. The second-order valence-corrected chi connectivity index (χ2v) is 14.0. The first kappa shape index (κ1) is 38.2. The summed E-state index contributed by atoms with van der Waals surface area (Å²) in [6.07, 6.45) is 2.39. The van der Waals surface area contributed by atoms with E-state index in [0.717, 1.165) is 38.8 Å². The second kappa shape index (κ2) is 18.5. The molecule has 0 aliphatic heterocycles. The molecule has 0 aliphatic carbocycles. The number of carbonyl (C=O) groups excluding carboxylic acids is 3. The monoisotopic (exact) mass is 752 g/mol. The van der Waals surface area contributed by atoms with Gasteiger partial charge in [0.1, 0.15) is 17.3 Å². The van der Waals surface area contributed by atoms with Gasteiger partial charge in [-0.3, -0.25) is 19.4 Å². The van der Waals surface area contributed by atoms with Crippen molar-refractivity contribution in [1.82, 2.24) is 20.9 Å². The molecule has 0 spiro atoms. The van der Waals surface area contributed by atoms with Crippen molar-refractivity contribution in [3.8, 4) is 28.0 Å². The smallest absolute Gasteiger partial charge is 0.251 e. The molecule has 1 atom stereocenters. The van der Waals surface area contributed by atoms with E-state index < -0.39 is 11.9 Å². The molecule has 0 aliphatic rings. The maximum Gasteiger partial charge on any atom is 0.251 e. The van der Waals surface area contributed by atoms with Crippen molar-refractivity contribution in [2.24, 2.45) is 0 Å². The number of nitrogens with one attached hydrogen (secondary N) is 3. The lowest BCUT2D eigenvalue weighted by Gasteiger charge is -2.21. The summed E-state index contributed by atoms with van der Waals surface area (Å²) in [6, 6.07) is 51.7. The molecule has 6 aromatic carbocycles. The van der Waals surface area contributed by atoms with Crippen LogP contribution >= 0.6 is 0 Å². The molecule has 0 saturated carbocycles. The minimum Gasteiger partial charge on any atom is -0.506 e. The standard InChI is InChI=1S/C49H44N4O4/c54-45-32-42(31-40-20-11-28-50-47(40)45)39-18-10-19-41(30-39)48(56)53-44(25-26-46(55)52-33-34-21-23-36(24-22-34)35-12-4-1-5-13-35)49(57)51-29-27-43(37-14-6-2-7-15-37)38-16-8-3-9-17-38/h1-24,28,30-32,43-44,54H,25-27,29,33H2,(H,51,57)(H,52,55)(H,53,56). The Hall–Kier alpha value is -7.06. The number of benzene rings is 6. The van der Waals surface area contributed by atoms with E-state index in [2.05, 4.69) is 57.3 Å². The van der Waals surface area contributed by atoms with Crippen LogP contribution in [0.25, 0.3) is 33.2 Å². The van der Waals surface area contributed by atoms with E-state index in [4.69, 9.17) is 0 Å². The maximum atomic E-state index is 13.9. The van der Waals surface area contributed by atoms with Crippen LogP contribution in [-0.2, 0) is 16.1 Å². The largest absolute Gasteiger partial charge is 0.506 e. The third-order valence-corrected chi connectivity index (χ3v) is 10.1. The van der Waals surface area contributed by atoms with Crippen molar-refractivity contribution in [3.63, 3.8) is 0 Å². The summed E-state index contributed by atoms with van der Waals surface area (Å²) in [4.78, 5) is 45.1. The highest BCUT2D eigenvalue weighted by Gasteiger charge is 2.24. The van der Waals surface area contributed by atoms with Gasteiger partial charge in [-0.25, -0.2) is 0 Å². The Kier molecular flexibility index (Phi) is 12.4. The van der Waals surface area contributed by atoms with Gasteiger partial charge < -0.3 is 21.1 Å². The van der Waals surface area contributed by atoms with Gasteiger partial charge in [0.2, 0.25) is 11.8 Å². The Morgan fingerprint density at radius 3 is 1.95 bits per heavy atom. The van der Waals surface area contributed by atoms with Gasteiger partial charge in [-0.2, -0.15) is 0 Å². The minimum absolute atomic E-state index is 0.0293. The predicted octanol–water partition coefficient (Wildman–Crippen LogP) is 8.81. The van der Waals surface area contributed by atoms with Gasteiger partial charge in [0.15, 0.2) is 0 Å². The summed E-state index contributed by atoms with van der Waals surface area (Å²) >= 11 is 0. The van der Waals surface area contributed by atoms with Crippen LogP contribution in [0.5, 0.6) is 5.75 Å². The molecular formula is C49H44N4O4. The number of rotatable bonds is 15. The summed E-state index contributed by atoms with van der Waals surface area (Å²) in [7, 11) is 0. The third kappa shape index (κ3) is 9.98. The molecule has 4 N–H and O–H groups in total. The Morgan fingerprint density at radius 2 is 1.25 bits per heavy atom. The molecular weight excluding hydrogens is 709 g/mol. The quantitative estimate of drug-likeness (QED) is 0.0835. The van der Waals surface area contributed by atoms with Gasteiger partial charge in [0.05, 0.1) is 0 Å². The first-order valence-corrected chi connectivity index (χ1v) is 19.2. The number of nitrogens with zero attached hydrogens (tertiary/aromatic N) is 1. The summed E-state index contributed by atoms with van der Waals surface area (Å²) < 4.78 is 0. The van der Waals surface area contributed by atoms with Crippen LogP contribution in [0.4, 0.5) is 0 Å². The van der Waals surface area contributed by atoms with E-state index in [9.17, 15) is 19.5 Å². The van der Waals surface area contributed by atoms with Crippen molar-refractivity contribution < 1.29 is 19.5 Å². The second-order valence-electron chi connectivity index (χ2n) is 14.0. The van der Waals surface area contributed by atoms with Crippen molar-refractivity contribution in [2.75, 3.05) is 6.54 Å². The van der Waals surface area contributed by atoms with Crippen molar-refractivity contribution >= 4 is 28.6 Å². The van der Waals surface area contributed by atoms with E-state index in [1.165, 1.54) is 0 Å². The fourth-order valence-electron chi connectivity index (χ4n) is 7.06. The molecule has 1 aromatic heterocycles. The van der Waals surface area contributed by atoms with Gasteiger partial charge in [-0.1, -0.05) is 133 Å². The Balaban J connectivity index is 1.03. The lowest BCUT2D eigenvalue weighted by molar-refractivity contribution is -0.124.